The predicted molar refractivity (Wildman–Crippen MR) is 36.1 cm³/mol. The largest absolute Gasteiger partial charge is 0.390 e. The van der Waals surface area contributed by atoms with E-state index < -0.39 is 17.9 Å². The van der Waals surface area contributed by atoms with Gasteiger partial charge in [-0.15, -0.1) is 0 Å². The molecule has 10 heavy (non-hydrogen) atoms. The van der Waals surface area contributed by atoms with E-state index in [1.165, 1.54) is 13.8 Å². The summed E-state index contributed by atoms with van der Waals surface area (Å²) in [6, 6.07) is 0. The van der Waals surface area contributed by atoms with Crippen LogP contribution >= 0.6 is 0 Å². The summed E-state index contributed by atoms with van der Waals surface area (Å²) in [7, 11) is 0. The fourth-order valence-corrected chi connectivity index (χ4v) is 0.473. The van der Waals surface area contributed by atoms with Crippen LogP contribution in [0.25, 0.3) is 0 Å². The van der Waals surface area contributed by atoms with Crippen LogP contribution in [0.5, 0.6) is 0 Å². The standard InChI is InChI=1S/C7H14F2O/c1-4-6(2,3)7(8,9)5-10/h10H,4-5H2,1-3H3. The van der Waals surface area contributed by atoms with Crippen LogP contribution in [0.2, 0.25) is 0 Å². The minimum absolute atomic E-state index is 0.362. The van der Waals surface area contributed by atoms with E-state index in [9.17, 15) is 8.78 Å². The van der Waals surface area contributed by atoms with E-state index in [-0.39, 0.29) is 0 Å². The Labute approximate surface area is 60.1 Å². The van der Waals surface area contributed by atoms with Crippen molar-refractivity contribution in [3.05, 3.63) is 0 Å². The summed E-state index contributed by atoms with van der Waals surface area (Å²) in [5.74, 6) is -2.96. The maximum absolute atomic E-state index is 12.7. The molecule has 0 rings (SSSR count). The monoisotopic (exact) mass is 152 g/mol. The molecular formula is C7H14F2O. The zero-order chi connectivity index (χ0) is 8.41. The van der Waals surface area contributed by atoms with Gasteiger partial charge in [-0.05, 0) is 6.42 Å². The number of halogens is 2. The number of aliphatic hydroxyl groups excluding tert-OH is 1. The predicted octanol–water partition coefficient (Wildman–Crippen LogP) is 2.05. The Morgan fingerprint density at radius 1 is 1.30 bits per heavy atom. The Hall–Kier alpha value is -0.180. The maximum atomic E-state index is 12.7. The average molecular weight is 152 g/mol. The third-order valence-electron chi connectivity index (χ3n) is 2.07. The molecule has 0 unspecified atom stereocenters. The van der Waals surface area contributed by atoms with Crippen LogP contribution in [0, 0.1) is 5.41 Å². The summed E-state index contributed by atoms with van der Waals surface area (Å²) in [5.41, 5.74) is -1.10. The molecule has 0 radical (unpaired) electrons. The molecule has 0 aromatic carbocycles. The number of aliphatic hydroxyl groups is 1. The van der Waals surface area contributed by atoms with E-state index >= 15 is 0 Å². The summed E-state index contributed by atoms with van der Waals surface area (Å²) < 4.78 is 25.4. The second kappa shape index (κ2) is 2.82. The lowest BCUT2D eigenvalue weighted by molar-refractivity contribution is -0.138. The highest BCUT2D eigenvalue weighted by Crippen LogP contribution is 2.38. The Morgan fingerprint density at radius 2 is 1.70 bits per heavy atom. The molecule has 0 fully saturated rings. The molecule has 0 aliphatic heterocycles. The van der Waals surface area contributed by atoms with Gasteiger partial charge in [0.1, 0.15) is 6.61 Å². The molecule has 0 saturated heterocycles. The van der Waals surface area contributed by atoms with E-state index in [1.54, 1.807) is 6.92 Å². The van der Waals surface area contributed by atoms with Crippen LogP contribution in [-0.2, 0) is 0 Å². The van der Waals surface area contributed by atoms with Gasteiger partial charge in [-0.2, -0.15) is 0 Å². The van der Waals surface area contributed by atoms with Gasteiger partial charge < -0.3 is 5.11 Å². The first-order valence-corrected chi connectivity index (χ1v) is 3.36. The Kier molecular flexibility index (Phi) is 2.77. The zero-order valence-corrected chi connectivity index (χ0v) is 6.62. The molecule has 0 spiro atoms. The molecule has 0 amide bonds. The van der Waals surface area contributed by atoms with Crippen LogP contribution in [0.1, 0.15) is 27.2 Å². The second-order valence-corrected chi connectivity index (χ2v) is 3.10. The molecule has 0 heterocycles. The van der Waals surface area contributed by atoms with Crippen molar-refractivity contribution in [1.29, 1.82) is 0 Å². The Bertz CT molecular complexity index is 96.2. The molecule has 0 aromatic rings. The molecule has 0 aromatic heterocycles. The van der Waals surface area contributed by atoms with Crippen molar-refractivity contribution in [2.45, 2.75) is 33.1 Å². The molecular weight excluding hydrogens is 138 g/mol. The summed E-state index contributed by atoms with van der Waals surface area (Å²) in [5, 5.41) is 8.31. The van der Waals surface area contributed by atoms with Crippen molar-refractivity contribution < 1.29 is 13.9 Å². The molecule has 0 atom stereocenters. The molecule has 0 saturated carbocycles. The van der Waals surface area contributed by atoms with Crippen LogP contribution < -0.4 is 0 Å². The van der Waals surface area contributed by atoms with Gasteiger partial charge in [0.25, 0.3) is 5.92 Å². The highest BCUT2D eigenvalue weighted by Gasteiger charge is 2.44. The third kappa shape index (κ3) is 1.66. The molecule has 0 aliphatic rings. The second-order valence-electron chi connectivity index (χ2n) is 3.10. The first kappa shape index (κ1) is 9.82. The van der Waals surface area contributed by atoms with Crippen molar-refractivity contribution >= 4 is 0 Å². The van der Waals surface area contributed by atoms with Gasteiger partial charge in [0.05, 0.1) is 0 Å². The highest BCUT2D eigenvalue weighted by atomic mass is 19.3. The number of rotatable bonds is 3. The van der Waals surface area contributed by atoms with Crippen molar-refractivity contribution in [3.63, 3.8) is 0 Å². The van der Waals surface area contributed by atoms with Gasteiger partial charge in [-0.25, -0.2) is 8.78 Å². The van der Waals surface area contributed by atoms with E-state index in [0.717, 1.165) is 0 Å². The molecule has 1 N–H and O–H groups in total. The summed E-state index contributed by atoms with van der Waals surface area (Å²) >= 11 is 0. The molecule has 3 heteroatoms. The number of hydrogen-bond donors (Lipinski definition) is 1. The van der Waals surface area contributed by atoms with E-state index in [0.29, 0.717) is 6.42 Å². The number of hydrogen-bond acceptors (Lipinski definition) is 1. The normalized spacial score (nSPS) is 13.8. The fourth-order valence-electron chi connectivity index (χ4n) is 0.473. The highest BCUT2D eigenvalue weighted by molar-refractivity contribution is 4.83. The fraction of sp³-hybridized carbons (Fsp3) is 1.00. The Morgan fingerprint density at radius 3 is 1.80 bits per heavy atom. The SMILES string of the molecule is CCC(C)(C)C(F)(F)CO. The lowest BCUT2D eigenvalue weighted by Crippen LogP contribution is -2.39. The molecule has 0 aliphatic carbocycles. The van der Waals surface area contributed by atoms with E-state index in [4.69, 9.17) is 5.11 Å². The third-order valence-corrected chi connectivity index (χ3v) is 2.07. The lowest BCUT2D eigenvalue weighted by atomic mass is 9.83. The topological polar surface area (TPSA) is 20.2 Å². The van der Waals surface area contributed by atoms with Gasteiger partial charge in [0.2, 0.25) is 0 Å². The summed E-state index contributed by atoms with van der Waals surface area (Å²) in [6.07, 6.45) is 0.362. The van der Waals surface area contributed by atoms with Gasteiger partial charge in [-0.3, -0.25) is 0 Å². The van der Waals surface area contributed by atoms with Gasteiger partial charge in [-0.1, -0.05) is 20.8 Å². The van der Waals surface area contributed by atoms with Crippen LogP contribution in [-0.4, -0.2) is 17.6 Å². The van der Waals surface area contributed by atoms with E-state index in [2.05, 4.69) is 0 Å². The lowest BCUT2D eigenvalue weighted by Gasteiger charge is -2.31. The van der Waals surface area contributed by atoms with Gasteiger partial charge >= 0.3 is 0 Å². The quantitative estimate of drug-likeness (QED) is 0.656. The summed E-state index contributed by atoms with van der Waals surface area (Å²) in [4.78, 5) is 0. The van der Waals surface area contributed by atoms with Crippen molar-refractivity contribution in [3.8, 4) is 0 Å². The average Bonchev–Trinajstić information content (AvgIpc) is 1.88. The smallest absolute Gasteiger partial charge is 0.275 e. The minimum atomic E-state index is -2.96. The molecule has 62 valence electrons. The first-order valence-electron chi connectivity index (χ1n) is 3.36. The maximum Gasteiger partial charge on any atom is 0.275 e. The van der Waals surface area contributed by atoms with Crippen LogP contribution in [0.15, 0.2) is 0 Å². The van der Waals surface area contributed by atoms with Gasteiger partial charge in [0, 0.05) is 5.41 Å². The van der Waals surface area contributed by atoms with E-state index in [1.807, 2.05) is 0 Å². The minimum Gasteiger partial charge on any atom is -0.390 e. The number of alkyl halides is 2. The summed E-state index contributed by atoms with van der Waals surface area (Å²) in [6.45, 7) is 3.52. The van der Waals surface area contributed by atoms with Gasteiger partial charge in [0.15, 0.2) is 0 Å². The molecule has 0 bridgehead atoms. The van der Waals surface area contributed by atoms with Crippen LogP contribution in [0.3, 0.4) is 0 Å². The van der Waals surface area contributed by atoms with Crippen LogP contribution in [0.4, 0.5) is 8.78 Å². The first-order chi connectivity index (χ1) is 4.37. The Balaban J connectivity index is 4.28. The van der Waals surface area contributed by atoms with Crippen molar-refractivity contribution in [1.82, 2.24) is 0 Å². The van der Waals surface area contributed by atoms with Crippen molar-refractivity contribution in [2.75, 3.05) is 6.61 Å². The molecule has 1 nitrogen and oxygen atoms in total. The zero-order valence-electron chi connectivity index (χ0n) is 6.62. The van der Waals surface area contributed by atoms with Crippen molar-refractivity contribution in [2.24, 2.45) is 5.41 Å².